The fourth-order valence-electron chi connectivity index (χ4n) is 2.92. The zero-order valence-corrected chi connectivity index (χ0v) is 20.7. The summed E-state index contributed by atoms with van der Waals surface area (Å²) in [7, 11) is -4.28. The van der Waals surface area contributed by atoms with E-state index in [4.69, 9.17) is 16.7 Å². The number of hydrogen-bond acceptors (Lipinski definition) is 7. The Morgan fingerprint density at radius 3 is 2.56 bits per heavy atom. The molecule has 1 aromatic heterocycles. The second-order valence-corrected chi connectivity index (χ2v) is 10.3. The van der Waals surface area contributed by atoms with Crippen LogP contribution in [0.4, 0.5) is 11.6 Å². The van der Waals surface area contributed by atoms with E-state index in [1.165, 1.54) is 17.0 Å². The quantitative estimate of drug-likeness (QED) is 0.340. The van der Waals surface area contributed by atoms with Crippen molar-refractivity contribution in [2.75, 3.05) is 15.8 Å². The molecule has 13 heteroatoms. The number of carbonyl (C=O) groups excluding carboxylic acids is 1. The van der Waals surface area contributed by atoms with Crippen molar-refractivity contribution in [2.24, 2.45) is 0 Å². The van der Waals surface area contributed by atoms with E-state index in [1.807, 2.05) is 26.0 Å². The number of carboxylic acids is 1. The highest BCUT2D eigenvalue weighted by Gasteiger charge is 2.26. The van der Waals surface area contributed by atoms with Crippen molar-refractivity contribution in [3.63, 3.8) is 0 Å². The van der Waals surface area contributed by atoms with Crippen LogP contribution in [0.2, 0.25) is 5.02 Å². The van der Waals surface area contributed by atoms with Crippen molar-refractivity contribution >= 4 is 56.9 Å². The van der Waals surface area contributed by atoms with Gasteiger partial charge in [0.2, 0.25) is 5.95 Å². The minimum absolute atomic E-state index is 0.00311. The first-order valence-corrected chi connectivity index (χ1v) is 12.9. The van der Waals surface area contributed by atoms with E-state index in [9.17, 15) is 18.0 Å². The van der Waals surface area contributed by atoms with Crippen LogP contribution in [0.3, 0.4) is 0 Å². The summed E-state index contributed by atoms with van der Waals surface area (Å²) in [4.78, 5) is 23.8. The molecule has 0 aliphatic rings. The van der Waals surface area contributed by atoms with Gasteiger partial charge in [0.1, 0.15) is 11.2 Å². The van der Waals surface area contributed by atoms with Gasteiger partial charge in [0, 0.05) is 17.1 Å². The lowest BCUT2D eigenvalue weighted by Gasteiger charge is -2.15. The van der Waals surface area contributed by atoms with Crippen LogP contribution in [0.1, 0.15) is 29.3 Å². The first kappa shape index (κ1) is 25.5. The smallest absolute Gasteiger partial charge is 0.313 e. The van der Waals surface area contributed by atoms with E-state index < -0.39 is 27.7 Å². The SMILES string of the molecule is CCCn1cnnc1NS(=O)(=O)c1cc(C(=O)Nc2ccc(C)cc2)c(Cl)cc1SCC(=O)O. The number of carbonyl (C=O) groups is 2. The fourth-order valence-corrected chi connectivity index (χ4v) is 5.53. The van der Waals surface area contributed by atoms with Crippen molar-refractivity contribution < 1.29 is 23.1 Å². The Balaban J connectivity index is 2.01. The number of benzene rings is 2. The molecular formula is C21H22ClN5O5S2. The van der Waals surface area contributed by atoms with Crippen LogP contribution >= 0.6 is 23.4 Å². The number of aromatic nitrogens is 3. The minimum Gasteiger partial charge on any atom is -0.481 e. The van der Waals surface area contributed by atoms with Gasteiger partial charge < -0.3 is 10.4 Å². The van der Waals surface area contributed by atoms with Crippen molar-refractivity contribution in [1.29, 1.82) is 0 Å². The lowest BCUT2D eigenvalue weighted by atomic mass is 10.2. The van der Waals surface area contributed by atoms with E-state index >= 15 is 0 Å². The zero-order valence-electron chi connectivity index (χ0n) is 18.3. The van der Waals surface area contributed by atoms with Crippen LogP contribution < -0.4 is 10.0 Å². The molecule has 3 aromatic rings. The standard InChI is InChI=1S/C21H22ClN5O5S2/c1-3-8-27-12-23-25-21(27)26-34(31,32)18-9-15(16(22)10-17(18)33-11-19(28)29)20(30)24-14-6-4-13(2)5-7-14/h4-7,9-10,12H,3,8,11H2,1-2H3,(H,24,30)(H,25,26)(H,28,29). The summed E-state index contributed by atoms with van der Waals surface area (Å²) in [6, 6.07) is 9.43. The van der Waals surface area contributed by atoms with Gasteiger partial charge in [0.25, 0.3) is 15.9 Å². The summed E-state index contributed by atoms with van der Waals surface area (Å²) >= 11 is 7.07. The van der Waals surface area contributed by atoms with Crippen LogP contribution in [0.25, 0.3) is 0 Å². The number of thioether (sulfide) groups is 1. The topological polar surface area (TPSA) is 143 Å². The van der Waals surface area contributed by atoms with Crippen LogP contribution in [-0.2, 0) is 21.4 Å². The third-order valence-corrected chi connectivity index (χ3v) is 7.38. The Bertz CT molecular complexity index is 1310. The lowest BCUT2D eigenvalue weighted by Crippen LogP contribution is -2.19. The molecule has 0 saturated heterocycles. The van der Waals surface area contributed by atoms with Crippen molar-refractivity contribution in [3.8, 4) is 0 Å². The number of carboxylic acid groups (broad SMARTS) is 1. The van der Waals surface area contributed by atoms with Crippen molar-refractivity contribution in [1.82, 2.24) is 14.8 Å². The lowest BCUT2D eigenvalue weighted by molar-refractivity contribution is -0.133. The second kappa shape index (κ2) is 10.9. The minimum atomic E-state index is -4.28. The highest BCUT2D eigenvalue weighted by Crippen LogP contribution is 2.33. The molecule has 0 atom stereocenters. The van der Waals surface area contributed by atoms with E-state index in [0.717, 1.165) is 29.8 Å². The Morgan fingerprint density at radius 2 is 1.91 bits per heavy atom. The summed E-state index contributed by atoms with van der Waals surface area (Å²) < 4.78 is 30.4. The Hall–Kier alpha value is -3.09. The molecule has 2 aromatic carbocycles. The van der Waals surface area contributed by atoms with Gasteiger partial charge in [-0.2, -0.15) is 0 Å². The maximum absolute atomic E-state index is 13.3. The van der Waals surface area contributed by atoms with Gasteiger partial charge in [0.05, 0.1) is 16.3 Å². The Kier molecular flexibility index (Phi) is 8.18. The molecule has 0 spiro atoms. The molecule has 1 amide bonds. The number of aryl methyl sites for hydroxylation is 2. The second-order valence-electron chi connectivity index (χ2n) is 7.23. The van der Waals surface area contributed by atoms with Crippen molar-refractivity contribution in [3.05, 3.63) is 58.9 Å². The Morgan fingerprint density at radius 1 is 1.21 bits per heavy atom. The third-order valence-electron chi connectivity index (χ3n) is 4.53. The number of nitrogens with zero attached hydrogens (tertiary/aromatic N) is 3. The predicted octanol–water partition coefficient (Wildman–Crippen LogP) is 3.88. The van der Waals surface area contributed by atoms with E-state index in [-0.39, 0.29) is 26.3 Å². The average Bonchev–Trinajstić information content (AvgIpc) is 3.19. The van der Waals surface area contributed by atoms with Crippen LogP contribution in [0.15, 0.2) is 52.5 Å². The molecule has 0 aliphatic heterocycles. The molecule has 0 saturated carbocycles. The van der Waals surface area contributed by atoms with Gasteiger partial charge in [0.15, 0.2) is 0 Å². The summed E-state index contributed by atoms with van der Waals surface area (Å²) in [6.07, 6.45) is 2.11. The number of sulfonamides is 1. The molecule has 1 heterocycles. The summed E-state index contributed by atoms with van der Waals surface area (Å²) in [5.41, 5.74) is 1.43. The molecule has 34 heavy (non-hydrogen) atoms. The molecule has 0 bridgehead atoms. The molecule has 0 unspecified atom stereocenters. The normalized spacial score (nSPS) is 11.3. The number of aliphatic carboxylic acids is 1. The summed E-state index contributed by atoms with van der Waals surface area (Å²) in [5.74, 6) is -2.16. The van der Waals surface area contributed by atoms with E-state index in [0.29, 0.717) is 12.2 Å². The number of anilines is 2. The van der Waals surface area contributed by atoms with Crippen LogP contribution in [0.5, 0.6) is 0 Å². The monoisotopic (exact) mass is 523 g/mol. The third kappa shape index (κ3) is 6.27. The molecule has 0 aliphatic carbocycles. The van der Waals surface area contributed by atoms with Gasteiger partial charge in [-0.1, -0.05) is 36.2 Å². The maximum Gasteiger partial charge on any atom is 0.313 e. The molecule has 3 N–H and O–H groups in total. The van der Waals surface area contributed by atoms with E-state index in [2.05, 4.69) is 20.2 Å². The molecule has 3 rings (SSSR count). The number of nitrogens with one attached hydrogen (secondary N) is 2. The highest BCUT2D eigenvalue weighted by atomic mass is 35.5. The Labute approximate surface area is 205 Å². The number of hydrogen-bond donors (Lipinski definition) is 3. The number of amides is 1. The molecule has 0 radical (unpaired) electrons. The van der Waals surface area contributed by atoms with Crippen LogP contribution in [-0.4, -0.2) is 45.9 Å². The zero-order chi connectivity index (χ0) is 24.9. The molecule has 10 nitrogen and oxygen atoms in total. The molecular weight excluding hydrogens is 502 g/mol. The van der Waals surface area contributed by atoms with Crippen molar-refractivity contribution in [2.45, 2.75) is 36.6 Å². The first-order chi connectivity index (χ1) is 16.1. The number of rotatable bonds is 10. The predicted molar refractivity (Wildman–Crippen MR) is 130 cm³/mol. The summed E-state index contributed by atoms with van der Waals surface area (Å²) in [6.45, 7) is 4.30. The molecule has 180 valence electrons. The van der Waals surface area contributed by atoms with E-state index in [1.54, 1.807) is 12.1 Å². The summed E-state index contributed by atoms with van der Waals surface area (Å²) in [5, 5.41) is 19.3. The van der Waals surface area contributed by atoms with Gasteiger partial charge in [-0.25, -0.2) is 13.1 Å². The van der Waals surface area contributed by atoms with Gasteiger partial charge in [-0.05, 0) is 37.6 Å². The van der Waals surface area contributed by atoms with Gasteiger partial charge >= 0.3 is 5.97 Å². The first-order valence-electron chi connectivity index (χ1n) is 10.1. The highest BCUT2D eigenvalue weighted by molar-refractivity contribution is 8.01. The molecule has 0 fully saturated rings. The number of halogens is 1. The van der Waals surface area contributed by atoms with Gasteiger partial charge in [-0.3, -0.25) is 14.2 Å². The van der Waals surface area contributed by atoms with Gasteiger partial charge in [-0.15, -0.1) is 22.0 Å². The largest absolute Gasteiger partial charge is 0.481 e. The van der Waals surface area contributed by atoms with Crippen LogP contribution in [0, 0.1) is 6.92 Å². The fraction of sp³-hybridized carbons (Fsp3) is 0.238. The average molecular weight is 524 g/mol. The maximum atomic E-state index is 13.3.